The van der Waals surface area contributed by atoms with Crippen molar-refractivity contribution in [2.24, 2.45) is 17.8 Å². The van der Waals surface area contributed by atoms with Gasteiger partial charge >= 0.3 is 11.7 Å². The van der Waals surface area contributed by atoms with Gasteiger partial charge in [-0.2, -0.15) is 5.10 Å². The molecule has 1 aromatic heterocycles. The molecule has 4 aliphatic rings. The van der Waals surface area contributed by atoms with Gasteiger partial charge in [-0.25, -0.2) is 0 Å². The summed E-state index contributed by atoms with van der Waals surface area (Å²) in [5.74, 6) is 1.25. The van der Waals surface area contributed by atoms with E-state index in [2.05, 4.69) is 10.4 Å². The SMILES string of the molecule is Cc1nn(CC(=O)OCC(=O)NC23CC4CC(CC(C4)C2)C3)c(C)c1[N+](=O)[O-]. The fourth-order valence-electron chi connectivity index (χ4n) is 6.02. The van der Waals surface area contributed by atoms with E-state index in [9.17, 15) is 19.7 Å². The Bertz CT molecular complexity index is 795. The summed E-state index contributed by atoms with van der Waals surface area (Å²) < 4.78 is 6.35. The second-order valence-electron chi connectivity index (χ2n) is 8.84. The van der Waals surface area contributed by atoms with Crippen molar-refractivity contribution in [1.29, 1.82) is 0 Å². The van der Waals surface area contributed by atoms with Gasteiger partial charge in [-0.3, -0.25) is 24.4 Å². The topological polar surface area (TPSA) is 116 Å². The summed E-state index contributed by atoms with van der Waals surface area (Å²) in [6.45, 7) is 2.46. The molecule has 152 valence electrons. The molecule has 0 aromatic carbocycles. The Morgan fingerprint density at radius 3 is 2.29 bits per heavy atom. The van der Waals surface area contributed by atoms with Gasteiger partial charge in [0.15, 0.2) is 6.61 Å². The maximum absolute atomic E-state index is 12.4. The summed E-state index contributed by atoms with van der Waals surface area (Å²) in [5.41, 5.74) is 0.314. The molecule has 1 amide bonds. The molecule has 4 saturated carbocycles. The number of carbonyl (C=O) groups excluding carboxylic acids is 2. The van der Waals surface area contributed by atoms with Crippen LogP contribution in [0.4, 0.5) is 5.69 Å². The van der Waals surface area contributed by atoms with Crippen LogP contribution in [0.5, 0.6) is 0 Å². The number of esters is 1. The van der Waals surface area contributed by atoms with Crippen LogP contribution in [0, 0.1) is 41.7 Å². The highest BCUT2D eigenvalue weighted by molar-refractivity contribution is 5.81. The van der Waals surface area contributed by atoms with Crippen LogP contribution >= 0.6 is 0 Å². The molecule has 0 aliphatic heterocycles. The molecule has 0 spiro atoms. The zero-order valence-electron chi connectivity index (χ0n) is 16.3. The van der Waals surface area contributed by atoms with Crippen molar-refractivity contribution >= 4 is 17.6 Å². The Morgan fingerprint density at radius 2 is 1.79 bits per heavy atom. The molecule has 1 heterocycles. The lowest BCUT2D eigenvalue weighted by Crippen LogP contribution is -2.60. The molecule has 4 bridgehead atoms. The average molecular weight is 390 g/mol. The van der Waals surface area contributed by atoms with Crippen molar-refractivity contribution in [1.82, 2.24) is 15.1 Å². The van der Waals surface area contributed by atoms with Crippen molar-refractivity contribution in [2.75, 3.05) is 6.61 Å². The number of aryl methyl sites for hydroxylation is 1. The highest BCUT2D eigenvalue weighted by atomic mass is 16.6. The van der Waals surface area contributed by atoms with E-state index in [1.54, 1.807) is 0 Å². The van der Waals surface area contributed by atoms with E-state index in [1.807, 2.05) is 0 Å². The van der Waals surface area contributed by atoms with Crippen molar-refractivity contribution in [3.8, 4) is 0 Å². The predicted octanol–water partition coefficient (Wildman–Crippen LogP) is 2.04. The minimum absolute atomic E-state index is 0.104. The number of nitrogens with one attached hydrogen (secondary N) is 1. The number of nitro groups is 1. The van der Waals surface area contributed by atoms with Gasteiger partial charge in [-0.15, -0.1) is 0 Å². The first kappa shape index (κ1) is 18.9. The fraction of sp³-hybridized carbons (Fsp3) is 0.737. The molecule has 28 heavy (non-hydrogen) atoms. The maximum atomic E-state index is 12.4. The average Bonchev–Trinajstić information content (AvgIpc) is 2.85. The zero-order chi connectivity index (χ0) is 20.1. The molecule has 0 atom stereocenters. The molecular weight excluding hydrogens is 364 g/mol. The largest absolute Gasteiger partial charge is 0.454 e. The molecule has 9 heteroatoms. The van der Waals surface area contributed by atoms with Crippen LogP contribution in [0.25, 0.3) is 0 Å². The molecule has 4 fully saturated rings. The zero-order valence-corrected chi connectivity index (χ0v) is 16.3. The van der Waals surface area contributed by atoms with Gasteiger partial charge in [0.05, 0.1) is 4.92 Å². The normalized spacial score (nSPS) is 30.3. The standard InChI is InChI=1S/C19H26N4O5/c1-11-18(23(26)27)12(2)22(21-11)9-17(25)28-10-16(24)20-19-6-13-3-14(7-19)5-15(4-13)8-19/h13-15H,3-10H2,1-2H3,(H,20,24). The third-order valence-electron chi connectivity index (χ3n) is 6.61. The molecule has 9 nitrogen and oxygen atoms in total. The van der Waals surface area contributed by atoms with E-state index < -0.39 is 10.9 Å². The highest BCUT2D eigenvalue weighted by Gasteiger charge is 2.51. The van der Waals surface area contributed by atoms with Gasteiger partial charge < -0.3 is 10.1 Å². The second-order valence-corrected chi connectivity index (χ2v) is 8.84. The molecule has 1 aromatic rings. The van der Waals surface area contributed by atoms with E-state index in [1.165, 1.54) is 37.8 Å². The summed E-state index contributed by atoms with van der Waals surface area (Å²) in [7, 11) is 0. The van der Waals surface area contributed by atoms with Crippen molar-refractivity contribution < 1.29 is 19.2 Å². The summed E-state index contributed by atoms with van der Waals surface area (Å²) >= 11 is 0. The number of hydrogen-bond acceptors (Lipinski definition) is 6. The lowest BCUT2D eigenvalue weighted by atomic mass is 9.53. The number of hydrogen-bond donors (Lipinski definition) is 1. The van der Waals surface area contributed by atoms with Crippen LogP contribution < -0.4 is 5.32 Å². The third-order valence-corrected chi connectivity index (χ3v) is 6.61. The molecule has 4 aliphatic carbocycles. The molecule has 1 N–H and O–H groups in total. The van der Waals surface area contributed by atoms with Gasteiger partial charge in [0.1, 0.15) is 17.9 Å². The Kier molecular flexibility index (Phi) is 4.63. The van der Waals surface area contributed by atoms with E-state index in [-0.39, 0.29) is 41.7 Å². The molecule has 0 radical (unpaired) electrons. The number of amides is 1. The van der Waals surface area contributed by atoms with Crippen LogP contribution in [0.1, 0.15) is 49.9 Å². The Labute approximate surface area is 162 Å². The van der Waals surface area contributed by atoms with E-state index in [0.717, 1.165) is 37.0 Å². The van der Waals surface area contributed by atoms with Crippen molar-refractivity contribution in [3.05, 3.63) is 21.5 Å². The van der Waals surface area contributed by atoms with Gasteiger partial charge in [-0.05, 0) is 70.1 Å². The first-order chi connectivity index (χ1) is 13.2. The molecular formula is C19H26N4O5. The quantitative estimate of drug-likeness (QED) is 0.451. The van der Waals surface area contributed by atoms with Gasteiger partial charge in [0.2, 0.25) is 0 Å². The van der Waals surface area contributed by atoms with Gasteiger partial charge in [0, 0.05) is 5.54 Å². The summed E-state index contributed by atoms with van der Waals surface area (Å²) in [4.78, 5) is 35.0. The number of nitrogens with zero attached hydrogens (tertiary/aromatic N) is 3. The monoisotopic (exact) mass is 390 g/mol. The first-order valence-electron chi connectivity index (χ1n) is 9.90. The minimum atomic E-state index is -0.638. The van der Waals surface area contributed by atoms with Crippen LogP contribution in [0.2, 0.25) is 0 Å². The van der Waals surface area contributed by atoms with E-state index >= 15 is 0 Å². The summed E-state index contributed by atoms with van der Waals surface area (Å²) in [6, 6.07) is 0. The fourth-order valence-corrected chi connectivity index (χ4v) is 6.02. The predicted molar refractivity (Wildman–Crippen MR) is 98.4 cm³/mol. The highest BCUT2D eigenvalue weighted by Crippen LogP contribution is 2.55. The Morgan fingerprint density at radius 1 is 1.21 bits per heavy atom. The van der Waals surface area contributed by atoms with Crippen LogP contribution in [-0.4, -0.2) is 38.7 Å². The van der Waals surface area contributed by atoms with Crippen molar-refractivity contribution in [2.45, 2.75) is 64.5 Å². The third kappa shape index (κ3) is 3.49. The van der Waals surface area contributed by atoms with Crippen LogP contribution in [-0.2, 0) is 20.9 Å². The summed E-state index contributed by atoms with van der Waals surface area (Å²) in [5, 5.41) is 18.2. The smallest absolute Gasteiger partial charge is 0.328 e. The van der Waals surface area contributed by atoms with Gasteiger partial charge in [0.25, 0.3) is 5.91 Å². The van der Waals surface area contributed by atoms with E-state index in [4.69, 9.17) is 4.74 Å². The van der Waals surface area contributed by atoms with Crippen LogP contribution in [0.15, 0.2) is 0 Å². The Hall–Kier alpha value is -2.45. The molecule has 0 saturated heterocycles. The minimum Gasteiger partial charge on any atom is -0.454 e. The summed E-state index contributed by atoms with van der Waals surface area (Å²) in [6.07, 6.45) is 6.98. The van der Waals surface area contributed by atoms with Crippen LogP contribution in [0.3, 0.4) is 0 Å². The van der Waals surface area contributed by atoms with Gasteiger partial charge in [-0.1, -0.05) is 0 Å². The molecule has 0 unspecified atom stereocenters. The number of carbonyl (C=O) groups is 2. The lowest BCUT2D eigenvalue weighted by molar-refractivity contribution is -0.386. The van der Waals surface area contributed by atoms with E-state index in [0.29, 0.717) is 0 Å². The maximum Gasteiger partial charge on any atom is 0.328 e. The number of ether oxygens (including phenoxy) is 1. The number of aromatic nitrogens is 2. The van der Waals surface area contributed by atoms with Crippen molar-refractivity contribution in [3.63, 3.8) is 0 Å². The Balaban J connectivity index is 1.30. The molecule has 5 rings (SSSR count). The number of rotatable bonds is 6. The first-order valence-corrected chi connectivity index (χ1v) is 9.90. The lowest BCUT2D eigenvalue weighted by Gasteiger charge is -2.56. The second kappa shape index (κ2) is 6.86.